The van der Waals surface area contributed by atoms with Crippen LogP contribution in [0.1, 0.15) is 36.1 Å². The Kier molecular flexibility index (Phi) is 14.7. The molecule has 33 heavy (non-hydrogen) atoms. The summed E-state index contributed by atoms with van der Waals surface area (Å²) in [5.74, 6) is 0. The van der Waals surface area contributed by atoms with Crippen LogP contribution in [0.15, 0.2) is 84.5 Å². The van der Waals surface area contributed by atoms with Gasteiger partial charge in [-0.25, -0.2) is 8.42 Å². The Morgan fingerprint density at radius 3 is 2.21 bits per heavy atom. The van der Waals surface area contributed by atoms with Gasteiger partial charge in [0.15, 0.2) is 0 Å². The first-order valence-electron chi connectivity index (χ1n) is 10.3. The van der Waals surface area contributed by atoms with Crippen molar-refractivity contribution in [2.24, 2.45) is 0 Å². The van der Waals surface area contributed by atoms with Crippen LogP contribution in [-0.2, 0) is 32.1 Å². The predicted molar refractivity (Wildman–Crippen MR) is 134 cm³/mol. The molecule has 0 amide bonds. The number of hydrogen-bond donors (Lipinski definition) is 1. The maximum atomic E-state index is 12.1. The molecule has 1 aliphatic carbocycles. The molecule has 0 aromatic heterocycles. The van der Waals surface area contributed by atoms with Gasteiger partial charge >= 0.3 is 27.0 Å². The van der Waals surface area contributed by atoms with Gasteiger partial charge in [-0.05, 0) is 24.0 Å². The van der Waals surface area contributed by atoms with Crippen LogP contribution in [0, 0.1) is 7.43 Å². The Hall–Kier alpha value is -1.34. The van der Waals surface area contributed by atoms with Crippen LogP contribution in [0.3, 0.4) is 0 Å². The van der Waals surface area contributed by atoms with Gasteiger partial charge in [-0.1, -0.05) is 90.5 Å². The van der Waals surface area contributed by atoms with E-state index >= 15 is 0 Å². The summed E-state index contributed by atoms with van der Waals surface area (Å²) in [4.78, 5) is 0. The zero-order valence-corrected chi connectivity index (χ0v) is 22.3. The molecule has 8 heteroatoms. The van der Waals surface area contributed by atoms with Gasteiger partial charge in [-0.15, -0.1) is 0 Å². The molecule has 0 fully saturated rings. The fourth-order valence-corrected chi connectivity index (χ4v) is 4.16. The summed E-state index contributed by atoms with van der Waals surface area (Å²) in [6, 6.07) is 18.5. The van der Waals surface area contributed by atoms with Crippen LogP contribution in [-0.4, -0.2) is 34.4 Å². The number of nitrogens with zero attached hydrogens (tertiary/aromatic N) is 1. The SMILES string of the molecule is CS(=O)(=O)[N-]C(c1ccccc1)C(NCCOCC1=CC=CCC1)c1ccccc1.[CH3-].[Cl][Ru+3]. The molecule has 0 aliphatic heterocycles. The van der Waals surface area contributed by atoms with Crippen molar-refractivity contribution in [3.63, 3.8) is 0 Å². The van der Waals surface area contributed by atoms with Gasteiger partial charge in [0.05, 0.1) is 23.2 Å². The van der Waals surface area contributed by atoms with Crippen LogP contribution in [0.5, 0.6) is 0 Å². The number of nitrogens with one attached hydrogen (secondary N) is 1. The summed E-state index contributed by atoms with van der Waals surface area (Å²) in [5.41, 5.74) is 3.13. The van der Waals surface area contributed by atoms with Gasteiger partial charge in [0.25, 0.3) is 0 Å². The number of halogens is 1. The van der Waals surface area contributed by atoms with E-state index in [1.807, 2.05) is 78.0 Å². The number of rotatable bonds is 11. The minimum absolute atomic E-state index is 0. The summed E-state index contributed by atoms with van der Waals surface area (Å²) >= 11 is 1.82. The molecule has 3 rings (SSSR count). The summed E-state index contributed by atoms with van der Waals surface area (Å²) in [6.45, 7) is 1.74. The molecule has 180 valence electrons. The van der Waals surface area contributed by atoms with E-state index in [0.717, 1.165) is 30.2 Å². The number of hydrogen-bond acceptors (Lipinski definition) is 4. The van der Waals surface area contributed by atoms with Gasteiger partial charge in [0.2, 0.25) is 0 Å². The monoisotopic (exact) mass is 577 g/mol. The van der Waals surface area contributed by atoms with Crippen molar-refractivity contribution in [2.45, 2.75) is 24.9 Å². The molecule has 1 aliphatic rings. The van der Waals surface area contributed by atoms with Gasteiger partial charge in [0.1, 0.15) is 0 Å². The van der Waals surface area contributed by atoms with Gasteiger partial charge in [0, 0.05) is 18.8 Å². The molecular weight excluding hydrogens is 545 g/mol. The predicted octanol–water partition coefficient (Wildman–Crippen LogP) is 5.82. The molecule has 5 nitrogen and oxygen atoms in total. The summed E-state index contributed by atoms with van der Waals surface area (Å²) in [5, 5.41) is 3.48. The second-order valence-corrected chi connectivity index (χ2v) is 9.06. The van der Waals surface area contributed by atoms with E-state index in [1.54, 1.807) is 0 Å². The van der Waals surface area contributed by atoms with Gasteiger partial charge in [-0.2, -0.15) is 0 Å². The molecule has 0 spiro atoms. The summed E-state index contributed by atoms with van der Waals surface area (Å²) in [7, 11) is 1.03. The molecule has 0 heterocycles. The Bertz CT molecular complexity index is 954. The second-order valence-electron chi connectivity index (χ2n) is 7.38. The molecule has 0 saturated heterocycles. The maximum absolute atomic E-state index is 12.1. The average Bonchev–Trinajstić information content (AvgIpc) is 2.83. The molecule has 0 saturated carbocycles. The zero-order valence-electron chi connectivity index (χ0n) is 19.0. The molecule has 2 unspecified atom stereocenters. The third-order valence-electron chi connectivity index (χ3n) is 4.92. The molecule has 2 aromatic carbocycles. The van der Waals surface area contributed by atoms with Crippen molar-refractivity contribution in [1.82, 2.24) is 5.32 Å². The van der Waals surface area contributed by atoms with Crippen LogP contribution in [0.4, 0.5) is 0 Å². The van der Waals surface area contributed by atoms with Gasteiger partial charge < -0.3 is 22.2 Å². The molecule has 2 aromatic rings. The fourth-order valence-electron chi connectivity index (χ4n) is 3.51. The number of sulfonamides is 1. The van der Waals surface area contributed by atoms with E-state index < -0.39 is 16.1 Å². The number of allylic oxidation sites excluding steroid dienone is 3. The second kappa shape index (κ2) is 16.3. The van der Waals surface area contributed by atoms with E-state index in [9.17, 15) is 8.42 Å². The standard InChI is InChI=1S/C24H29N2O3S.CH3.ClH.Ru/c1-30(27,28)26-24(22-15-9-4-10-16-22)23(21-13-7-3-8-14-21)25-17-18-29-19-20-11-5-2-6-12-20;;;/h2-5,7-11,13-16,23-25H,6,12,17-19H2,1H3;1H3;1H;/q2*-1;;+4/p-1. The number of ether oxygens (including phenoxy) is 1. The van der Waals surface area contributed by atoms with Crippen molar-refractivity contribution >= 4 is 19.7 Å². The molecule has 0 radical (unpaired) electrons. The minimum atomic E-state index is -3.53. The Balaban J connectivity index is 0.00000177. The van der Waals surface area contributed by atoms with Crippen molar-refractivity contribution in [3.8, 4) is 0 Å². The van der Waals surface area contributed by atoms with Crippen LogP contribution >= 0.6 is 9.69 Å². The van der Waals surface area contributed by atoms with Crippen molar-refractivity contribution < 1.29 is 30.5 Å². The Morgan fingerprint density at radius 1 is 1.06 bits per heavy atom. The summed E-state index contributed by atoms with van der Waals surface area (Å²) in [6.07, 6.45) is 9.59. The molecule has 1 N–H and O–H groups in total. The van der Waals surface area contributed by atoms with E-state index in [0.29, 0.717) is 19.8 Å². The number of benzene rings is 2. The topological polar surface area (TPSA) is 69.5 Å². The Morgan fingerprint density at radius 2 is 1.67 bits per heavy atom. The molecular formula is C25H32ClN2O3RuS+. The summed E-state index contributed by atoms with van der Waals surface area (Å²) < 4.78 is 34.2. The van der Waals surface area contributed by atoms with E-state index in [1.165, 1.54) is 5.57 Å². The first kappa shape index (κ1) is 29.7. The average molecular weight is 577 g/mol. The zero-order chi connectivity index (χ0) is 23.2. The van der Waals surface area contributed by atoms with E-state index in [4.69, 9.17) is 4.74 Å². The van der Waals surface area contributed by atoms with Crippen LogP contribution < -0.4 is 5.32 Å². The first-order valence-corrected chi connectivity index (χ1v) is 14.4. The van der Waals surface area contributed by atoms with Crippen LogP contribution in [0.25, 0.3) is 4.72 Å². The van der Waals surface area contributed by atoms with E-state index in [2.05, 4.69) is 38.0 Å². The van der Waals surface area contributed by atoms with Crippen molar-refractivity contribution in [2.75, 3.05) is 26.0 Å². The molecule has 0 bridgehead atoms. The van der Waals surface area contributed by atoms with E-state index in [-0.39, 0.29) is 13.5 Å². The normalized spacial score (nSPS) is 14.8. The Labute approximate surface area is 213 Å². The first-order chi connectivity index (χ1) is 15.5. The molecule has 2 atom stereocenters. The fraction of sp³-hybridized carbons (Fsp3) is 0.320. The third kappa shape index (κ3) is 11.1. The van der Waals surface area contributed by atoms with Crippen molar-refractivity contribution in [1.29, 1.82) is 0 Å². The quantitative estimate of drug-likeness (QED) is 0.208. The van der Waals surface area contributed by atoms with Crippen LogP contribution in [0.2, 0.25) is 0 Å². The van der Waals surface area contributed by atoms with Gasteiger partial charge in [-0.3, -0.25) is 0 Å². The van der Waals surface area contributed by atoms with Crippen molar-refractivity contribution in [3.05, 3.63) is 108 Å². The third-order valence-corrected chi connectivity index (χ3v) is 5.53.